The van der Waals surface area contributed by atoms with E-state index in [4.69, 9.17) is 10.6 Å². The molecule has 1 saturated heterocycles. The Morgan fingerprint density at radius 2 is 2.35 bits per heavy atom. The van der Waals surface area contributed by atoms with E-state index in [1.54, 1.807) is 0 Å². The first-order valence-corrected chi connectivity index (χ1v) is 6.53. The average molecular weight is 264 g/mol. The van der Waals surface area contributed by atoms with E-state index in [1.165, 1.54) is 0 Å². The molecule has 0 aromatic rings. The molecular weight excluding hydrogens is 252 g/mol. The van der Waals surface area contributed by atoms with Gasteiger partial charge in [0.1, 0.15) is 0 Å². The smallest absolute Gasteiger partial charge is 0.407 e. The van der Waals surface area contributed by atoms with Crippen molar-refractivity contribution in [3.63, 3.8) is 0 Å². The number of rotatable bonds is 4. The van der Waals surface area contributed by atoms with E-state index in [0.29, 0.717) is 0 Å². The molecule has 1 fully saturated rings. The van der Waals surface area contributed by atoms with Gasteiger partial charge in [-0.25, -0.2) is 4.79 Å². The van der Waals surface area contributed by atoms with Gasteiger partial charge in [0.2, 0.25) is 0 Å². The van der Waals surface area contributed by atoms with Crippen LogP contribution in [0.2, 0.25) is 0 Å². The third-order valence-electron chi connectivity index (χ3n) is 2.33. The van der Waals surface area contributed by atoms with Gasteiger partial charge in [0.25, 0.3) is 10.1 Å². The van der Waals surface area contributed by atoms with Gasteiger partial charge >= 0.3 is 6.09 Å². The van der Waals surface area contributed by atoms with Crippen molar-refractivity contribution < 1.29 is 22.5 Å². The first kappa shape index (κ1) is 13.6. The Balaban J connectivity index is 2.68. The van der Waals surface area contributed by atoms with Crippen LogP contribution >= 0.6 is 0 Å². The Bertz CT molecular complexity index is 443. The molecule has 0 spiro atoms. The van der Waals surface area contributed by atoms with Gasteiger partial charge in [-0.2, -0.15) is 8.42 Å². The summed E-state index contributed by atoms with van der Waals surface area (Å²) in [4.78, 5) is 14.5. The van der Waals surface area contributed by atoms with Crippen molar-refractivity contribution in [3.05, 3.63) is 10.4 Å². The van der Waals surface area contributed by atoms with E-state index >= 15 is 0 Å². The number of hydrogen-bond acceptors (Lipinski definition) is 5. The maximum absolute atomic E-state index is 10.9. The molecular formula is C7H12N4O5S. The van der Waals surface area contributed by atoms with Crippen LogP contribution in [0.25, 0.3) is 10.4 Å². The van der Waals surface area contributed by atoms with Crippen LogP contribution in [0.3, 0.4) is 0 Å². The lowest BCUT2D eigenvalue weighted by molar-refractivity contribution is 0.124. The molecule has 1 aliphatic heterocycles. The summed E-state index contributed by atoms with van der Waals surface area (Å²) >= 11 is 0. The van der Waals surface area contributed by atoms with Gasteiger partial charge in [-0.15, -0.1) is 0 Å². The fourth-order valence-corrected chi connectivity index (χ4v) is 2.05. The Labute approximate surface area is 97.7 Å². The Hall–Kier alpha value is -1.51. The van der Waals surface area contributed by atoms with E-state index in [1.807, 2.05) is 0 Å². The minimum atomic E-state index is -3.61. The second-order valence-corrected chi connectivity index (χ2v) is 5.32. The standard InChI is InChI=1S/C7H12N4O5S/c1-17(14,15)16-4-6-2-5(9-10-8)3-11(6)7(12)13/h5-6H,2-4H2,1H3,(H,12,13). The molecule has 2 unspecified atom stereocenters. The summed E-state index contributed by atoms with van der Waals surface area (Å²) in [6, 6.07) is -1.10. The highest BCUT2D eigenvalue weighted by Gasteiger charge is 2.35. The van der Waals surface area contributed by atoms with Crippen LogP contribution in [0.1, 0.15) is 6.42 Å². The van der Waals surface area contributed by atoms with E-state index < -0.39 is 28.3 Å². The highest BCUT2D eigenvalue weighted by molar-refractivity contribution is 7.85. The maximum atomic E-state index is 10.9. The minimum Gasteiger partial charge on any atom is -0.465 e. The molecule has 0 aromatic heterocycles. The number of azide groups is 1. The number of carbonyl (C=O) groups is 1. The molecule has 1 amide bonds. The van der Waals surface area contributed by atoms with E-state index in [0.717, 1.165) is 11.2 Å². The highest BCUT2D eigenvalue weighted by atomic mass is 32.2. The molecule has 1 rings (SSSR count). The van der Waals surface area contributed by atoms with Gasteiger partial charge < -0.3 is 10.0 Å². The van der Waals surface area contributed by atoms with Gasteiger partial charge in [0, 0.05) is 11.5 Å². The Morgan fingerprint density at radius 3 is 2.82 bits per heavy atom. The number of amides is 1. The van der Waals surface area contributed by atoms with Crippen LogP contribution in [-0.4, -0.2) is 56.0 Å². The lowest BCUT2D eigenvalue weighted by Gasteiger charge is -2.20. The second-order valence-electron chi connectivity index (χ2n) is 3.67. The average Bonchev–Trinajstić information content (AvgIpc) is 2.58. The van der Waals surface area contributed by atoms with E-state index in [-0.39, 0.29) is 19.6 Å². The van der Waals surface area contributed by atoms with Crippen molar-refractivity contribution in [2.75, 3.05) is 19.4 Å². The third-order valence-corrected chi connectivity index (χ3v) is 2.89. The first-order chi connectivity index (χ1) is 7.83. The van der Waals surface area contributed by atoms with Crippen molar-refractivity contribution in [2.24, 2.45) is 5.11 Å². The molecule has 1 aliphatic rings. The molecule has 2 atom stereocenters. The zero-order chi connectivity index (χ0) is 13.1. The minimum absolute atomic E-state index is 0.0528. The SMILES string of the molecule is CS(=O)(=O)OCC1CC(N=[N+]=[N-])CN1C(=O)O. The van der Waals surface area contributed by atoms with Gasteiger partial charge in [-0.3, -0.25) is 4.18 Å². The summed E-state index contributed by atoms with van der Waals surface area (Å²) in [6.45, 7) is -0.209. The van der Waals surface area contributed by atoms with Crippen molar-refractivity contribution in [2.45, 2.75) is 18.5 Å². The molecule has 96 valence electrons. The molecule has 9 nitrogen and oxygen atoms in total. The summed E-state index contributed by atoms with van der Waals surface area (Å²) < 4.78 is 26.2. The Kier molecular flexibility index (Phi) is 4.16. The van der Waals surface area contributed by atoms with Gasteiger partial charge in [0.05, 0.1) is 24.9 Å². The summed E-state index contributed by atoms with van der Waals surface area (Å²) in [5, 5.41) is 12.3. The largest absolute Gasteiger partial charge is 0.465 e. The molecule has 1 N–H and O–H groups in total. The van der Waals surface area contributed by atoms with Crippen LogP contribution in [0.15, 0.2) is 5.11 Å². The van der Waals surface area contributed by atoms with E-state index in [2.05, 4.69) is 14.2 Å². The monoisotopic (exact) mass is 264 g/mol. The zero-order valence-electron chi connectivity index (χ0n) is 9.05. The van der Waals surface area contributed by atoms with Crippen molar-refractivity contribution in [1.29, 1.82) is 0 Å². The molecule has 0 radical (unpaired) electrons. The fourth-order valence-electron chi connectivity index (χ4n) is 1.64. The summed E-state index contributed by atoms with van der Waals surface area (Å²) in [5.41, 5.74) is 8.26. The number of likely N-dealkylation sites (tertiary alicyclic amines) is 1. The maximum Gasteiger partial charge on any atom is 0.407 e. The van der Waals surface area contributed by atoms with Crippen LogP contribution in [0.5, 0.6) is 0 Å². The van der Waals surface area contributed by atoms with Crippen LogP contribution in [0, 0.1) is 0 Å². The first-order valence-electron chi connectivity index (χ1n) is 4.71. The molecule has 0 bridgehead atoms. The molecule has 0 aliphatic carbocycles. The van der Waals surface area contributed by atoms with Gasteiger partial charge in [-0.1, -0.05) is 5.11 Å². The van der Waals surface area contributed by atoms with Crippen molar-refractivity contribution in [3.8, 4) is 0 Å². The molecule has 10 heteroatoms. The predicted octanol–water partition coefficient (Wildman–Crippen LogP) is 0.394. The Morgan fingerprint density at radius 1 is 1.71 bits per heavy atom. The van der Waals surface area contributed by atoms with Gasteiger partial charge in [0.15, 0.2) is 0 Å². The lowest BCUT2D eigenvalue weighted by atomic mass is 10.2. The quantitative estimate of drug-likeness (QED) is 0.339. The molecule has 1 heterocycles. The van der Waals surface area contributed by atoms with Gasteiger partial charge in [-0.05, 0) is 12.0 Å². The number of carboxylic acid groups (broad SMARTS) is 1. The fraction of sp³-hybridized carbons (Fsp3) is 0.857. The van der Waals surface area contributed by atoms with Crippen LogP contribution in [0.4, 0.5) is 4.79 Å². The number of nitrogens with zero attached hydrogens (tertiary/aromatic N) is 4. The summed E-state index contributed by atoms with van der Waals surface area (Å²) in [6.07, 6.45) is -0.0492. The number of hydrogen-bond donors (Lipinski definition) is 1. The van der Waals surface area contributed by atoms with Crippen LogP contribution < -0.4 is 0 Å². The van der Waals surface area contributed by atoms with Crippen molar-refractivity contribution >= 4 is 16.2 Å². The third kappa shape index (κ3) is 4.10. The summed E-state index contributed by atoms with van der Waals surface area (Å²) in [5.74, 6) is 0. The highest BCUT2D eigenvalue weighted by Crippen LogP contribution is 2.21. The molecule has 0 aromatic carbocycles. The zero-order valence-corrected chi connectivity index (χ0v) is 9.87. The van der Waals surface area contributed by atoms with E-state index in [9.17, 15) is 13.2 Å². The van der Waals surface area contributed by atoms with Crippen molar-refractivity contribution in [1.82, 2.24) is 4.90 Å². The molecule has 17 heavy (non-hydrogen) atoms. The normalized spacial score (nSPS) is 24.4. The summed E-state index contributed by atoms with van der Waals surface area (Å²) in [7, 11) is -3.61. The topological polar surface area (TPSA) is 133 Å². The molecule has 0 saturated carbocycles. The lowest BCUT2D eigenvalue weighted by Crippen LogP contribution is -2.37. The second kappa shape index (κ2) is 5.21. The van der Waals surface area contributed by atoms with Crippen LogP contribution in [-0.2, 0) is 14.3 Å². The predicted molar refractivity (Wildman–Crippen MR) is 56.9 cm³/mol.